The molecule has 1 heteroatoms. The van der Waals surface area contributed by atoms with Gasteiger partial charge in [0.05, 0.1) is 0 Å². The van der Waals surface area contributed by atoms with Gasteiger partial charge in [0.15, 0.2) is 0 Å². The average Bonchev–Trinajstić information content (AvgIpc) is 2.64. The van der Waals surface area contributed by atoms with Crippen LogP contribution in [0.4, 0.5) is 0 Å². The largest absolute Gasteiger partial charge is 0.0796 e. The summed E-state index contributed by atoms with van der Waals surface area (Å²) >= 11 is 0. The molecule has 1 heterocycles. The lowest BCUT2D eigenvalue weighted by molar-refractivity contribution is 0.704. The van der Waals surface area contributed by atoms with Crippen molar-refractivity contribution in [3.05, 3.63) is 35.6 Å². The molecule has 2 rings (SSSR count). The van der Waals surface area contributed by atoms with Crippen molar-refractivity contribution >= 4 is 18.6 Å². The first-order valence-corrected chi connectivity index (χ1v) is 8.89. The van der Waals surface area contributed by atoms with Gasteiger partial charge in [0.1, 0.15) is 0 Å². The Labute approximate surface area is 100 Å². The quantitative estimate of drug-likeness (QED) is 0.518. The molecule has 87 valence electrons. The molecule has 0 saturated carbocycles. The van der Waals surface area contributed by atoms with E-state index in [2.05, 4.69) is 49.7 Å². The van der Waals surface area contributed by atoms with E-state index in [1.807, 2.05) is 0 Å². The van der Waals surface area contributed by atoms with E-state index < -0.39 is 7.26 Å². The van der Waals surface area contributed by atoms with Gasteiger partial charge in [0.2, 0.25) is 0 Å². The molecule has 1 unspecified atom stereocenters. The second kappa shape index (κ2) is 5.15. The van der Waals surface area contributed by atoms with Crippen LogP contribution in [0.2, 0.25) is 0 Å². The maximum absolute atomic E-state index is 2.50. The summed E-state index contributed by atoms with van der Waals surface area (Å²) in [4.78, 5) is 0. The highest BCUT2D eigenvalue weighted by Gasteiger charge is 2.26. The van der Waals surface area contributed by atoms with E-state index in [9.17, 15) is 0 Å². The molecule has 0 nitrogen and oxygen atoms in total. The third-order valence-corrected chi connectivity index (χ3v) is 7.11. The Morgan fingerprint density at radius 3 is 2.69 bits per heavy atom. The molecule has 0 bridgehead atoms. The van der Waals surface area contributed by atoms with Crippen molar-refractivity contribution in [2.24, 2.45) is 0 Å². The zero-order valence-electron chi connectivity index (χ0n) is 10.4. The van der Waals surface area contributed by atoms with Crippen LogP contribution in [-0.4, -0.2) is 12.8 Å². The first kappa shape index (κ1) is 11.9. The minimum absolute atomic E-state index is 0.931. The lowest BCUT2D eigenvalue weighted by atomic mass is 10.2. The van der Waals surface area contributed by atoms with Crippen molar-refractivity contribution < 1.29 is 0 Å². The number of unbranched alkanes of at least 4 members (excludes halogenated alkanes) is 3. The molecule has 0 spiro atoms. The Balaban J connectivity index is 2.02. The molecular formula is C15H22P. The fourth-order valence-corrected chi connectivity index (χ4v) is 5.57. The van der Waals surface area contributed by atoms with Crippen LogP contribution in [0.5, 0.6) is 0 Å². The molecule has 0 N–H and O–H groups in total. The Morgan fingerprint density at radius 1 is 1.06 bits per heavy atom. The molecule has 0 aromatic heterocycles. The van der Waals surface area contributed by atoms with Crippen molar-refractivity contribution in [2.45, 2.75) is 32.6 Å². The first-order chi connectivity index (χ1) is 7.76. The highest BCUT2D eigenvalue weighted by molar-refractivity contribution is 7.85. The normalized spacial score (nSPS) is 22.4. The third-order valence-electron chi connectivity index (χ3n) is 3.55. The number of fused-ring (bicyclic) bond motifs is 1. The summed E-state index contributed by atoms with van der Waals surface area (Å²) in [5, 5.41) is 1.63. The van der Waals surface area contributed by atoms with Gasteiger partial charge >= 0.3 is 0 Å². The molecule has 0 saturated heterocycles. The standard InChI is InChI=1S/C15H22P/c1-3-4-5-8-12-16(2)13-11-14-9-6-7-10-15(14)16/h6-7,9-11,13H,3-5,8,12H2,1-2H3. The second-order valence-electron chi connectivity index (χ2n) is 4.93. The number of hydrogen-bond donors (Lipinski definition) is 0. The van der Waals surface area contributed by atoms with Gasteiger partial charge in [-0.05, 0) is 30.1 Å². The Kier molecular flexibility index (Phi) is 3.82. The molecule has 1 atom stereocenters. The molecule has 1 aromatic carbocycles. The third kappa shape index (κ3) is 2.38. The highest BCUT2D eigenvalue weighted by Crippen LogP contribution is 2.60. The van der Waals surface area contributed by atoms with Crippen molar-refractivity contribution in [1.82, 2.24) is 0 Å². The van der Waals surface area contributed by atoms with Crippen LogP contribution in [0.15, 0.2) is 30.1 Å². The van der Waals surface area contributed by atoms with Gasteiger partial charge in [-0.3, -0.25) is 0 Å². The summed E-state index contributed by atoms with van der Waals surface area (Å²) < 4.78 is 0. The molecule has 1 aliphatic rings. The molecule has 0 aliphatic carbocycles. The predicted molar refractivity (Wildman–Crippen MR) is 77.0 cm³/mol. The summed E-state index contributed by atoms with van der Waals surface area (Å²) in [7, 11) is -0.931. The monoisotopic (exact) mass is 233 g/mol. The van der Waals surface area contributed by atoms with E-state index in [1.165, 1.54) is 37.4 Å². The fourth-order valence-electron chi connectivity index (χ4n) is 2.48. The number of hydrogen-bond acceptors (Lipinski definition) is 0. The van der Waals surface area contributed by atoms with Gasteiger partial charge in [0, 0.05) is 0 Å². The smallest absolute Gasteiger partial charge is 0.0175 e. The van der Waals surface area contributed by atoms with Crippen LogP contribution in [0.1, 0.15) is 38.2 Å². The summed E-state index contributed by atoms with van der Waals surface area (Å²) in [6.45, 7) is 4.77. The maximum atomic E-state index is 2.50. The predicted octanol–water partition coefficient (Wildman–Crippen LogP) is 4.52. The minimum atomic E-state index is -0.931. The lowest BCUT2D eigenvalue weighted by Gasteiger charge is -2.26. The van der Waals surface area contributed by atoms with Crippen LogP contribution in [0.25, 0.3) is 6.08 Å². The van der Waals surface area contributed by atoms with E-state index in [-0.39, 0.29) is 0 Å². The van der Waals surface area contributed by atoms with E-state index in [4.69, 9.17) is 0 Å². The van der Waals surface area contributed by atoms with Crippen molar-refractivity contribution in [3.8, 4) is 0 Å². The van der Waals surface area contributed by atoms with Gasteiger partial charge in [-0.2, -0.15) is 0 Å². The summed E-state index contributed by atoms with van der Waals surface area (Å²) in [6, 6.07) is 8.93. The molecule has 0 amide bonds. The topological polar surface area (TPSA) is 0 Å². The summed E-state index contributed by atoms with van der Waals surface area (Å²) in [5.41, 5.74) is 1.47. The zero-order chi connectivity index (χ0) is 11.4. The molecule has 1 aliphatic heterocycles. The fraction of sp³-hybridized carbons (Fsp3) is 0.467. The Hall–Kier alpha value is -0.610. The SMILES string of the molecule is CCCCCC[P]1(C)C=Cc2ccccc21. The van der Waals surface area contributed by atoms with E-state index in [0.717, 1.165) is 0 Å². The summed E-state index contributed by atoms with van der Waals surface area (Å²) in [5.74, 6) is 2.50. The van der Waals surface area contributed by atoms with Crippen LogP contribution >= 0.6 is 7.26 Å². The Bertz CT molecular complexity index is 381. The van der Waals surface area contributed by atoms with Gasteiger partial charge in [-0.1, -0.05) is 69.6 Å². The van der Waals surface area contributed by atoms with Crippen molar-refractivity contribution in [1.29, 1.82) is 0 Å². The highest BCUT2D eigenvalue weighted by atomic mass is 31.2. The van der Waals surface area contributed by atoms with Crippen LogP contribution in [-0.2, 0) is 0 Å². The van der Waals surface area contributed by atoms with Crippen LogP contribution < -0.4 is 5.30 Å². The van der Waals surface area contributed by atoms with E-state index in [1.54, 1.807) is 5.30 Å². The van der Waals surface area contributed by atoms with Crippen LogP contribution in [0, 0.1) is 0 Å². The average molecular weight is 233 g/mol. The van der Waals surface area contributed by atoms with Crippen LogP contribution in [0.3, 0.4) is 0 Å². The molecule has 0 fully saturated rings. The van der Waals surface area contributed by atoms with Gasteiger partial charge < -0.3 is 0 Å². The van der Waals surface area contributed by atoms with Gasteiger partial charge in [-0.15, -0.1) is 0 Å². The molecule has 1 radical (unpaired) electrons. The van der Waals surface area contributed by atoms with Gasteiger partial charge in [0.25, 0.3) is 0 Å². The zero-order valence-corrected chi connectivity index (χ0v) is 11.3. The second-order valence-corrected chi connectivity index (χ2v) is 8.69. The summed E-state index contributed by atoms with van der Waals surface area (Å²) in [6.07, 6.45) is 9.27. The lowest BCUT2D eigenvalue weighted by Crippen LogP contribution is -2.10. The first-order valence-electron chi connectivity index (χ1n) is 6.40. The Morgan fingerprint density at radius 2 is 1.88 bits per heavy atom. The van der Waals surface area contributed by atoms with E-state index >= 15 is 0 Å². The number of benzene rings is 1. The van der Waals surface area contributed by atoms with Crippen molar-refractivity contribution in [3.63, 3.8) is 0 Å². The molecule has 16 heavy (non-hydrogen) atoms. The van der Waals surface area contributed by atoms with Gasteiger partial charge in [-0.25, -0.2) is 0 Å². The molecular weight excluding hydrogens is 211 g/mol. The van der Waals surface area contributed by atoms with Crippen molar-refractivity contribution in [2.75, 3.05) is 12.8 Å². The minimum Gasteiger partial charge on any atom is -0.0796 e. The molecule has 1 aromatic rings. The van der Waals surface area contributed by atoms with E-state index in [0.29, 0.717) is 0 Å². The number of rotatable bonds is 5. The maximum Gasteiger partial charge on any atom is -0.0175 e.